The van der Waals surface area contributed by atoms with Crippen LogP contribution in [-0.4, -0.2) is 15.9 Å². The number of hydrogen-bond donors (Lipinski definition) is 1. The number of esters is 1. The average Bonchev–Trinajstić information content (AvgIpc) is 2.53. The van der Waals surface area contributed by atoms with Crippen LogP contribution in [0.4, 0.5) is 0 Å². The number of aromatic nitrogens is 2. The predicted octanol–water partition coefficient (Wildman–Crippen LogP) is 2.28. The van der Waals surface area contributed by atoms with Crippen LogP contribution in [-0.2, 0) is 11.3 Å². The fourth-order valence-electron chi connectivity index (χ4n) is 1.99. The van der Waals surface area contributed by atoms with Crippen molar-refractivity contribution in [3.8, 4) is 0 Å². The first-order chi connectivity index (χ1) is 10.2. The minimum Gasteiger partial charge on any atom is -0.457 e. The number of hydrogen-bond acceptors (Lipinski definition) is 4. The molecule has 3 aromatic rings. The number of fused-ring (bicyclic) bond motifs is 1. The Hall–Kier alpha value is -2.95. The van der Waals surface area contributed by atoms with E-state index in [1.165, 1.54) is 6.07 Å². The third kappa shape index (κ3) is 2.81. The van der Waals surface area contributed by atoms with Gasteiger partial charge in [0.25, 0.3) is 5.56 Å². The van der Waals surface area contributed by atoms with E-state index in [0.29, 0.717) is 11.0 Å². The van der Waals surface area contributed by atoms with Gasteiger partial charge in [-0.05, 0) is 23.8 Å². The van der Waals surface area contributed by atoms with Crippen LogP contribution in [0, 0.1) is 0 Å². The van der Waals surface area contributed by atoms with Crippen molar-refractivity contribution in [2.24, 2.45) is 0 Å². The Kier molecular flexibility index (Phi) is 3.47. The molecule has 0 aliphatic carbocycles. The minimum absolute atomic E-state index is 0.0218. The molecule has 0 saturated heterocycles. The number of nitrogens with zero attached hydrogens (tertiary/aromatic N) is 1. The lowest BCUT2D eigenvalue weighted by Crippen LogP contribution is -2.19. The molecule has 5 nitrogen and oxygen atoms in total. The van der Waals surface area contributed by atoms with Gasteiger partial charge in [0.05, 0.1) is 0 Å². The molecule has 3 rings (SSSR count). The molecule has 2 heterocycles. The molecule has 0 fully saturated rings. The molecule has 2 aromatic heterocycles. The Labute approximate surface area is 120 Å². The van der Waals surface area contributed by atoms with E-state index >= 15 is 0 Å². The number of H-pyrrole nitrogens is 1. The number of ether oxygens (including phenoxy) is 1. The van der Waals surface area contributed by atoms with E-state index < -0.39 is 11.5 Å². The summed E-state index contributed by atoms with van der Waals surface area (Å²) in [5.74, 6) is -0.647. The van der Waals surface area contributed by atoms with Gasteiger partial charge >= 0.3 is 5.97 Å². The number of rotatable bonds is 3. The molecule has 21 heavy (non-hydrogen) atoms. The summed E-state index contributed by atoms with van der Waals surface area (Å²) in [6.07, 6.45) is 1.58. The summed E-state index contributed by atoms with van der Waals surface area (Å²) < 4.78 is 5.16. The second kappa shape index (κ2) is 5.58. The average molecular weight is 280 g/mol. The third-order valence-corrected chi connectivity index (χ3v) is 3.05. The molecule has 0 aliphatic rings. The molecule has 0 saturated carbocycles. The van der Waals surface area contributed by atoms with Crippen molar-refractivity contribution < 1.29 is 9.53 Å². The highest BCUT2D eigenvalue weighted by Crippen LogP contribution is 2.09. The van der Waals surface area contributed by atoms with E-state index in [-0.39, 0.29) is 12.2 Å². The Morgan fingerprint density at radius 1 is 1.14 bits per heavy atom. The van der Waals surface area contributed by atoms with Gasteiger partial charge in [-0.15, -0.1) is 0 Å². The van der Waals surface area contributed by atoms with Gasteiger partial charge in [0.15, 0.2) is 0 Å². The number of nitrogens with one attached hydrogen (secondary N) is 1. The lowest BCUT2D eigenvalue weighted by Gasteiger charge is -2.05. The zero-order valence-electron chi connectivity index (χ0n) is 11.1. The van der Waals surface area contributed by atoms with E-state index in [0.717, 1.165) is 5.56 Å². The summed E-state index contributed by atoms with van der Waals surface area (Å²) in [5.41, 5.74) is 0.789. The Bertz CT molecular complexity index is 841. The maximum atomic E-state index is 12.0. The zero-order valence-corrected chi connectivity index (χ0v) is 11.1. The van der Waals surface area contributed by atoms with Gasteiger partial charge in [-0.1, -0.05) is 30.3 Å². The number of carbonyl (C=O) groups excluding carboxylic acids is 1. The first-order valence-electron chi connectivity index (χ1n) is 6.43. The molecule has 5 heteroatoms. The number of carbonyl (C=O) groups is 1. The summed E-state index contributed by atoms with van der Waals surface area (Å²) >= 11 is 0. The van der Waals surface area contributed by atoms with Crippen LogP contribution in [0.1, 0.15) is 15.9 Å². The molecule has 0 radical (unpaired) electrons. The van der Waals surface area contributed by atoms with Crippen LogP contribution in [0.3, 0.4) is 0 Å². The fraction of sp³-hybridized carbons (Fsp3) is 0.0625. The highest BCUT2D eigenvalue weighted by Gasteiger charge is 2.13. The number of benzene rings is 1. The van der Waals surface area contributed by atoms with Crippen molar-refractivity contribution in [3.05, 3.63) is 76.2 Å². The van der Waals surface area contributed by atoms with E-state index in [2.05, 4.69) is 9.97 Å². The highest BCUT2D eigenvalue weighted by atomic mass is 16.5. The van der Waals surface area contributed by atoms with Gasteiger partial charge in [0.1, 0.15) is 17.8 Å². The molecular weight excluding hydrogens is 268 g/mol. The molecule has 1 N–H and O–H groups in total. The van der Waals surface area contributed by atoms with E-state index in [1.54, 1.807) is 18.3 Å². The van der Waals surface area contributed by atoms with Crippen molar-refractivity contribution in [1.82, 2.24) is 9.97 Å². The molecule has 0 bridgehead atoms. The standard InChI is InChI=1S/C16H12N2O3/c19-15-13(9-12-7-4-8-17-14(12)18-15)16(20)21-10-11-5-2-1-3-6-11/h1-9H,10H2,(H,17,18,19). The lowest BCUT2D eigenvalue weighted by atomic mass is 10.2. The monoisotopic (exact) mass is 280 g/mol. The smallest absolute Gasteiger partial charge is 0.344 e. The predicted molar refractivity (Wildman–Crippen MR) is 77.9 cm³/mol. The largest absolute Gasteiger partial charge is 0.457 e. The number of aromatic amines is 1. The van der Waals surface area contributed by atoms with Gasteiger partial charge in [-0.3, -0.25) is 4.79 Å². The maximum absolute atomic E-state index is 12.0. The van der Waals surface area contributed by atoms with Gasteiger partial charge in [-0.25, -0.2) is 9.78 Å². The normalized spacial score (nSPS) is 10.5. The topological polar surface area (TPSA) is 72.0 Å². The van der Waals surface area contributed by atoms with Crippen LogP contribution < -0.4 is 5.56 Å². The Balaban J connectivity index is 1.84. The summed E-state index contributed by atoms with van der Waals surface area (Å²) in [4.78, 5) is 30.5. The molecule has 0 unspecified atom stereocenters. The molecule has 104 valence electrons. The maximum Gasteiger partial charge on any atom is 0.344 e. The molecule has 0 spiro atoms. The van der Waals surface area contributed by atoms with Crippen molar-refractivity contribution >= 4 is 17.0 Å². The van der Waals surface area contributed by atoms with E-state index in [9.17, 15) is 9.59 Å². The number of pyridine rings is 2. The quantitative estimate of drug-likeness (QED) is 0.747. The lowest BCUT2D eigenvalue weighted by molar-refractivity contribution is 0.0471. The second-order valence-corrected chi connectivity index (χ2v) is 4.52. The first-order valence-corrected chi connectivity index (χ1v) is 6.43. The van der Waals surface area contributed by atoms with Gasteiger partial charge in [0.2, 0.25) is 0 Å². The molecular formula is C16H12N2O3. The van der Waals surface area contributed by atoms with Crippen molar-refractivity contribution in [3.63, 3.8) is 0 Å². The summed E-state index contributed by atoms with van der Waals surface area (Å²) in [7, 11) is 0. The minimum atomic E-state index is -0.647. The van der Waals surface area contributed by atoms with Gasteiger partial charge in [-0.2, -0.15) is 0 Å². The van der Waals surface area contributed by atoms with Crippen molar-refractivity contribution in [1.29, 1.82) is 0 Å². The summed E-state index contributed by atoms with van der Waals surface area (Å²) in [6, 6.07) is 14.3. The SMILES string of the molecule is O=C(OCc1ccccc1)c1cc2cccnc2[nH]c1=O. The molecule has 0 atom stereocenters. The van der Waals surface area contributed by atoms with Crippen LogP contribution in [0.2, 0.25) is 0 Å². The van der Waals surface area contributed by atoms with Crippen molar-refractivity contribution in [2.45, 2.75) is 6.61 Å². The van der Waals surface area contributed by atoms with Crippen LogP contribution in [0.25, 0.3) is 11.0 Å². The summed E-state index contributed by atoms with van der Waals surface area (Å²) in [6.45, 7) is 0.129. The highest BCUT2D eigenvalue weighted by molar-refractivity contribution is 5.92. The van der Waals surface area contributed by atoms with Gasteiger partial charge in [0, 0.05) is 11.6 Å². The molecule has 0 aliphatic heterocycles. The second-order valence-electron chi connectivity index (χ2n) is 4.52. The summed E-state index contributed by atoms with van der Waals surface area (Å²) in [5, 5.41) is 0.684. The third-order valence-electron chi connectivity index (χ3n) is 3.05. The van der Waals surface area contributed by atoms with Gasteiger partial charge < -0.3 is 9.72 Å². The molecule has 1 aromatic carbocycles. The molecule has 0 amide bonds. The van der Waals surface area contributed by atoms with Crippen molar-refractivity contribution in [2.75, 3.05) is 0 Å². The first kappa shape index (κ1) is 13.1. The Morgan fingerprint density at radius 3 is 2.76 bits per heavy atom. The Morgan fingerprint density at radius 2 is 1.95 bits per heavy atom. The van der Waals surface area contributed by atoms with Crippen LogP contribution >= 0.6 is 0 Å². The fourth-order valence-corrected chi connectivity index (χ4v) is 1.99. The van der Waals surface area contributed by atoms with E-state index in [4.69, 9.17) is 4.74 Å². The van der Waals surface area contributed by atoms with E-state index in [1.807, 2.05) is 30.3 Å². The van der Waals surface area contributed by atoms with Crippen LogP contribution in [0.5, 0.6) is 0 Å². The zero-order chi connectivity index (χ0) is 14.7. The van der Waals surface area contributed by atoms with Crippen LogP contribution in [0.15, 0.2) is 59.5 Å².